The van der Waals surface area contributed by atoms with Gasteiger partial charge in [0.2, 0.25) is 0 Å². The number of benzene rings is 2. The summed E-state index contributed by atoms with van der Waals surface area (Å²) >= 11 is 0. The first-order chi connectivity index (χ1) is 12.7. The number of nitrogens with one attached hydrogen (secondary N) is 2. The lowest BCUT2D eigenvalue weighted by atomic mass is 10.1. The van der Waals surface area contributed by atoms with Crippen molar-refractivity contribution >= 4 is 17.4 Å². The van der Waals surface area contributed by atoms with Crippen LogP contribution < -0.4 is 10.6 Å². The van der Waals surface area contributed by atoms with Crippen LogP contribution in [0.25, 0.3) is 11.3 Å². The zero-order chi connectivity index (χ0) is 17.9. The second-order valence-electron chi connectivity index (χ2n) is 6.62. The van der Waals surface area contributed by atoms with Crippen molar-refractivity contribution < 1.29 is 4.79 Å². The molecule has 1 aliphatic carbocycles. The van der Waals surface area contributed by atoms with Crippen LogP contribution in [0.1, 0.15) is 28.8 Å². The van der Waals surface area contributed by atoms with Gasteiger partial charge in [-0.15, -0.1) is 10.2 Å². The molecule has 0 saturated heterocycles. The van der Waals surface area contributed by atoms with Crippen LogP contribution in [0, 0.1) is 6.92 Å². The predicted octanol–water partition coefficient (Wildman–Crippen LogP) is 4.09. The summed E-state index contributed by atoms with van der Waals surface area (Å²) in [5.74, 6) is 0.609. The van der Waals surface area contributed by atoms with Gasteiger partial charge in [-0.3, -0.25) is 4.79 Å². The lowest BCUT2D eigenvalue weighted by Gasteiger charge is -2.08. The van der Waals surface area contributed by atoms with Gasteiger partial charge < -0.3 is 10.6 Å². The number of nitrogens with zero attached hydrogens (tertiary/aromatic N) is 2. The zero-order valence-corrected chi connectivity index (χ0v) is 14.6. The van der Waals surface area contributed by atoms with Crippen LogP contribution >= 0.6 is 0 Å². The standard InChI is InChI=1S/C21H20N4O/c1-14-5-7-15(8-6-14)19-11-12-20(25-24-19)22-18-4-2-3-16(13-18)21(26)23-17-9-10-17/h2-8,11-13,17H,9-10H2,1H3,(H,22,25)(H,23,26). The summed E-state index contributed by atoms with van der Waals surface area (Å²) in [6.45, 7) is 2.06. The lowest BCUT2D eigenvalue weighted by Crippen LogP contribution is -2.25. The highest BCUT2D eigenvalue weighted by atomic mass is 16.1. The predicted molar refractivity (Wildman–Crippen MR) is 102 cm³/mol. The van der Waals surface area contributed by atoms with Crippen molar-refractivity contribution in [2.75, 3.05) is 5.32 Å². The molecule has 0 aliphatic heterocycles. The normalized spacial score (nSPS) is 13.3. The Morgan fingerprint density at radius 1 is 1.00 bits per heavy atom. The van der Waals surface area contributed by atoms with Gasteiger partial charge in [0, 0.05) is 22.9 Å². The van der Waals surface area contributed by atoms with Crippen molar-refractivity contribution in [3.8, 4) is 11.3 Å². The Labute approximate surface area is 152 Å². The van der Waals surface area contributed by atoms with Crippen LogP contribution in [0.15, 0.2) is 60.7 Å². The van der Waals surface area contributed by atoms with Gasteiger partial charge in [-0.2, -0.15) is 0 Å². The van der Waals surface area contributed by atoms with Gasteiger partial charge in [0.25, 0.3) is 5.91 Å². The minimum absolute atomic E-state index is 0.0306. The number of carbonyl (C=O) groups is 1. The molecule has 2 N–H and O–H groups in total. The highest BCUT2D eigenvalue weighted by Crippen LogP contribution is 2.22. The second-order valence-corrected chi connectivity index (χ2v) is 6.62. The fourth-order valence-electron chi connectivity index (χ4n) is 2.66. The van der Waals surface area contributed by atoms with Gasteiger partial charge in [-0.05, 0) is 50.1 Å². The van der Waals surface area contributed by atoms with E-state index in [1.54, 1.807) is 0 Å². The molecule has 130 valence electrons. The number of amides is 1. The minimum Gasteiger partial charge on any atom is -0.349 e. The average molecular weight is 344 g/mol. The Morgan fingerprint density at radius 3 is 2.50 bits per heavy atom. The maximum Gasteiger partial charge on any atom is 0.251 e. The summed E-state index contributed by atoms with van der Waals surface area (Å²) < 4.78 is 0. The van der Waals surface area contributed by atoms with E-state index in [1.807, 2.05) is 48.5 Å². The molecule has 2 aromatic carbocycles. The first-order valence-electron chi connectivity index (χ1n) is 8.76. The molecule has 0 atom stereocenters. The van der Waals surface area contributed by atoms with Crippen molar-refractivity contribution in [3.05, 3.63) is 71.8 Å². The van der Waals surface area contributed by atoms with Crippen molar-refractivity contribution in [1.82, 2.24) is 15.5 Å². The number of aryl methyl sites for hydroxylation is 1. The van der Waals surface area contributed by atoms with Crippen LogP contribution in [-0.4, -0.2) is 22.1 Å². The molecular formula is C21H20N4O. The van der Waals surface area contributed by atoms with Crippen LogP contribution in [0.5, 0.6) is 0 Å². The number of anilines is 2. The summed E-state index contributed by atoms with van der Waals surface area (Å²) in [5, 5.41) is 14.7. The monoisotopic (exact) mass is 344 g/mol. The molecule has 0 spiro atoms. The first kappa shape index (κ1) is 16.3. The van der Waals surface area contributed by atoms with Gasteiger partial charge in [0.1, 0.15) is 0 Å². The topological polar surface area (TPSA) is 66.9 Å². The van der Waals surface area contributed by atoms with Crippen molar-refractivity contribution in [2.24, 2.45) is 0 Å². The molecule has 1 aromatic heterocycles. The highest BCUT2D eigenvalue weighted by Gasteiger charge is 2.23. The van der Waals surface area contributed by atoms with E-state index in [2.05, 4.69) is 39.9 Å². The Balaban J connectivity index is 1.47. The van der Waals surface area contributed by atoms with Gasteiger partial charge in [0.15, 0.2) is 5.82 Å². The van der Waals surface area contributed by atoms with E-state index in [9.17, 15) is 4.79 Å². The molecule has 1 heterocycles. The third kappa shape index (κ3) is 3.88. The summed E-state index contributed by atoms with van der Waals surface area (Å²) in [7, 11) is 0. The van der Waals surface area contributed by atoms with E-state index in [-0.39, 0.29) is 5.91 Å². The maximum atomic E-state index is 12.2. The lowest BCUT2D eigenvalue weighted by molar-refractivity contribution is 0.0951. The smallest absolute Gasteiger partial charge is 0.251 e. The fraction of sp³-hybridized carbons (Fsp3) is 0.190. The van der Waals surface area contributed by atoms with Gasteiger partial charge >= 0.3 is 0 Å². The summed E-state index contributed by atoms with van der Waals surface area (Å²) in [6, 6.07) is 19.8. The Hall–Kier alpha value is -3.21. The number of rotatable bonds is 5. The van der Waals surface area contributed by atoms with E-state index in [0.29, 0.717) is 17.4 Å². The number of hydrogen-bond acceptors (Lipinski definition) is 4. The van der Waals surface area contributed by atoms with E-state index in [1.165, 1.54) is 5.56 Å². The van der Waals surface area contributed by atoms with Gasteiger partial charge in [-0.1, -0.05) is 35.9 Å². The Bertz CT molecular complexity index is 916. The minimum atomic E-state index is -0.0306. The van der Waals surface area contributed by atoms with E-state index < -0.39 is 0 Å². The second kappa shape index (κ2) is 6.96. The molecule has 1 saturated carbocycles. The molecule has 5 nitrogen and oxygen atoms in total. The molecule has 0 bridgehead atoms. The largest absolute Gasteiger partial charge is 0.349 e. The first-order valence-corrected chi connectivity index (χ1v) is 8.76. The quantitative estimate of drug-likeness (QED) is 0.732. The average Bonchev–Trinajstić information content (AvgIpc) is 3.47. The third-order valence-corrected chi connectivity index (χ3v) is 4.32. The van der Waals surface area contributed by atoms with Crippen LogP contribution in [0.2, 0.25) is 0 Å². The van der Waals surface area contributed by atoms with E-state index in [0.717, 1.165) is 29.8 Å². The van der Waals surface area contributed by atoms with Crippen molar-refractivity contribution in [2.45, 2.75) is 25.8 Å². The number of aromatic nitrogens is 2. The summed E-state index contributed by atoms with van der Waals surface area (Å²) in [4.78, 5) is 12.2. The third-order valence-electron chi connectivity index (χ3n) is 4.32. The van der Waals surface area contributed by atoms with Crippen molar-refractivity contribution in [3.63, 3.8) is 0 Å². The Morgan fingerprint density at radius 2 is 1.81 bits per heavy atom. The molecule has 0 unspecified atom stereocenters. The molecular weight excluding hydrogens is 324 g/mol. The molecule has 1 fully saturated rings. The van der Waals surface area contributed by atoms with Crippen LogP contribution in [-0.2, 0) is 0 Å². The molecule has 0 radical (unpaired) electrons. The zero-order valence-electron chi connectivity index (χ0n) is 14.6. The molecule has 1 amide bonds. The number of carbonyl (C=O) groups excluding carboxylic acids is 1. The summed E-state index contributed by atoms with van der Waals surface area (Å²) in [5.41, 5.74) is 4.53. The van der Waals surface area contributed by atoms with Crippen molar-refractivity contribution in [1.29, 1.82) is 0 Å². The molecule has 5 heteroatoms. The SMILES string of the molecule is Cc1ccc(-c2ccc(Nc3cccc(C(=O)NC4CC4)c3)nn2)cc1. The fourth-order valence-corrected chi connectivity index (χ4v) is 2.66. The molecule has 3 aromatic rings. The van der Waals surface area contributed by atoms with Crippen LogP contribution in [0.4, 0.5) is 11.5 Å². The number of hydrogen-bond donors (Lipinski definition) is 2. The molecule has 26 heavy (non-hydrogen) atoms. The Kier molecular flexibility index (Phi) is 4.35. The van der Waals surface area contributed by atoms with Crippen LogP contribution in [0.3, 0.4) is 0 Å². The highest BCUT2D eigenvalue weighted by molar-refractivity contribution is 5.95. The van der Waals surface area contributed by atoms with Gasteiger partial charge in [-0.25, -0.2) is 0 Å². The molecule has 1 aliphatic rings. The van der Waals surface area contributed by atoms with E-state index in [4.69, 9.17) is 0 Å². The maximum absolute atomic E-state index is 12.2. The van der Waals surface area contributed by atoms with Gasteiger partial charge in [0.05, 0.1) is 5.69 Å². The summed E-state index contributed by atoms with van der Waals surface area (Å²) in [6.07, 6.45) is 2.15. The molecule has 4 rings (SSSR count). The van der Waals surface area contributed by atoms with E-state index >= 15 is 0 Å².